The summed E-state index contributed by atoms with van der Waals surface area (Å²) in [4.78, 5) is 4.47. The van der Waals surface area contributed by atoms with Gasteiger partial charge in [0.2, 0.25) is 11.7 Å². The minimum atomic E-state index is -0.323. The van der Waals surface area contributed by atoms with Gasteiger partial charge in [0.1, 0.15) is 5.82 Å². The van der Waals surface area contributed by atoms with Crippen molar-refractivity contribution in [2.45, 2.75) is 18.3 Å². The number of rotatable bonds is 3. The summed E-state index contributed by atoms with van der Waals surface area (Å²) in [6.45, 7) is 1.70. The fraction of sp³-hybridized carbons (Fsp3) is 0.429. The van der Waals surface area contributed by atoms with Gasteiger partial charge < -0.3 is 15.0 Å². The number of benzene rings is 1. The van der Waals surface area contributed by atoms with Crippen LogP contribution in [0.2, 0.25) is 0 Å². The van der Waals surface area contributed by atoms with Gasteiger partial charge >= 0.3 is 0 Å². The molecule has 3 rings (SSSR count). The molecule has 1 aromatic carbocycles. The second-order valence-corrected chi connectivity index (χ2v) is 6.00. The Bertz CT molecular complexity index is 641. The van der Waals surface area contributed by atoms with E-state index >= 15 is 0 Å². The van der Waals surface area contributed by atoms with Crippen molar-refractivity contribution in [1.82, 2.24) is 10.1 Å². The number of hydrogen-bond donors (Lipinski definition) is 1. The average Bonchev–Trinajstić information content (AvgIpc) is 2.98. The predicted molar refractivity (Wildman–Crippen MR) is 78.2 cm³/mol. The van der Waals surface area contributed by atoms with Crippen molar-refractivity contribution in [2.75, 3.05) is 19.8 Å². The number of halogens is 2. The molecule has 2 heterocycles. The van der Waals surface area contributed by atoms with Crippen LogP contribution in [-0.4, -0.2) is 29.9 Å². The van der Waals surface area contributed by atoms with Crippen LogP contribution in [0, 0.1) is 5.82 Å². The topological polar surface area (TPSA) is 74.2 Å². The van der Waals surface area contributed by atoms with Crippen LogP contribution in [0.25, 0.3) is 11.4 Å². The van der Waals surface area contributed by atoms with Crippen molar-refractivity contribution in [3.63, 3.8) is 0 Å². The van der Waals surface area contributed by atoms with Crippen LogP contribution < -0.4 is 5.73 Å². The van der Waals surface area contributed by atoms with E-state index in [2.05, 4.69) is 26.1 Å². The maximum Gasteiger partial charge on any atom is 0.234 e. The van der Waals surface area contributed by atoms with Gasteiger partial charge in [0.05, 0.1) is 5.41 Å². The highest BCUT2D eigenvalue weighted by atomic mass is 79.9. The van der Waals surface area contributed by atoms with Crippen LogP contribution in [0.4, 0.5) is 4.39 Å². The minimum absolute atomic E-state index is 0.322. The van der Waals surface area contributed by atoms with E-state index < -0.39 is 0 Å². The lowest BCUT2D eigenvalue weighted by molar-refractivity contribution is 0.0409. The minimum Gasteiger partial charge on any atom is -0.381 e. The van der Waals surface area contributed by atoms with Gasteiger partial charge in [-0.15, -0.1) is 0 Å². The van der Waals surface area contributed by atoms with E-state index in [0.717, 1.165) is 12.8 Å². The van der Waals surface area contributed by atoms with Crippen LogP contribution in [0.1, 0.15) is 18.7 Å². The molecule has 2 N–H and O–H groups in total. The first-order chi connectivity index (χ1) is 10.1. The SMILES string of the molecule is NCC1(c2nc(-c3ccc(F)cc3Br)no2)CCOCC1. The highest BCUT2D eigenvalue weighted by molar-refractivity contribution is 9.10. The number of aromatic nitrogens is 2. The molecule has 1 aromatic heterocycles. The number of hydrogen-bond acceptors (Lipinski definition) is 5. The van der Waals surface area contributed by atoms with Crippen molar-refractivity contribution in [3.05, 3.63) is 34.4 Å². The van der Waals surface area contributed by atoms with E-state index in [0.29, 0.717) is 41.5 Å². The zero-order valence-corrected chi connectivity index (χ0v) is 12.9. The summed E-state index contributed by atoms with van der Waals surface area (Å²) in [7, 11) is 0. The molecule has 0 saturated carbocycles. The van der Waals surface area contributed by atoms with E-state index in [1.807, 2.05) is 0 Å². The maximum atomic E-state index is 13.2. The molecule has 2 aromatic rings. The molecule has 21 heavy (non-hydrogen) atoms. The molecule has 0 spiro atoms. The summed E-state index contributed by atoms with van der Waals surface area (Å²) in [5, 5.41) is 4.01. The van der Waals surface area contributed by atoms with E-state index in [9.17, 15) is 4.39 Å². The van der Waals surface area contributed by atoms with Crippen molar-refractivity contribution >= 4 is 15.9 Å². The third-order valence-electron chi connectivity index (χ3n) is 3.89. The van der Waals surface area contributed by atoms with E-state index in [-0.39, 0.29) is 11.2 Å². The van der Waals surface area contributed by atoms with Crippen molar-refractivity contribution in [2.24, 2.45) is 5.73 Å². The Morgan fingerprint density at radius 1 is 1.33 bits per heavy atom. The Hall–Kier alpha value is -1.31. The second kappa shape index (κ2) is 5.82. The summed E-state index contributed by atoms with van der Waals surface area (Å²) < 4.78 is 24.5. The number of nitrogens with two attached hydrogens (primary N) is 1. The summed E-state index contributed by atoms with van der Waals surface area (Å²) in [5.41, 5.74) is 6.29. The molecule has 1 fully saturated rings. The molecule has 0 atom stereocenters. The van der Waals surface area contributed by atoms with Crippen LogP contribution in [0.3, 0.4) is 0 Å². The van der Waals surface area contributed by atoms with Gasteiger partial charge in [-0.1, -0.05) is 5.16 Å². The standard InChI is InChI=1S/C14H15BrFN3O2/c15-11-7-9(16)1-2-10(11)12-18-13(21-19-12)14(8-17)3-5-20-6-4-14/h1-2,7H,3-6,8,17H2. The third-order valence-corrected chi connectivity index (χ3v) is 4.55. The molecule has 7 heteroatoms. The van der Waals surface area contributed by atoms with E-state index in [1.54, 1.807) is 6.07 Å². The Morgan fingerprint density at radius 2 is 2.10 bits per heavy atom. The number of nitrogens with zero attached hydrogens (tertiary/aromatic N) is 2. The molecule has 1 saturated heterocycles. The third kappa shape index (κ3) is 2.73. The van der Waals surface area contributed by atoms with Crippen LogP contribution in [0.15, 0.2) is 27.2 Å². The lowest BCUT2D eigenvalue weighted by atomic mass is 9.80. The molecule has 0 unspecified atom stereocenters. The van der Waals surface area contributed by atoms with Gasteiger partial charge in [-0.05, 0) is 47.0 Å². The first-order valence-corrected chi connectivity index (χ1v) is 7.51. The van der Waals surface area contributed by atoms with E-state index in [4.69, 9.17) is 15.0 Å². The molecule has 0 amide bonds. The molecule has 1 aliphatic heterocycles. The molecule has 1 aliphatic rings. The smallest absolute Gasteiger partial charge is 0.234 e. The molecular formula is C14H15BrFN3O2. The molecular weight excluding hydrogens is 341 g/mol. The fourth-order valence-corrected chi connectivity index (χ4v) is 3.01. The van der Waals surface area contributed by atoms with Gasteiger partial charge in [0, 0.05) is 29.8 Å². The Kier molecular flexibility index (Phi) is 4.05. The van der Waals surface area contributed by atoms with Crippen LogP contribution >= 0.6 is 15.9 Å². The van der Waals surface area contributed by atoms with Crippen LogP contribution in [-0.2, 0) is 10.2 Å². The number of ether oxygens (including phenoxy) is 1. The summed E-state index contributed by atoms with van der Waals surface area (Å²) >= 11 is 3.31. The fourth-order valence-electron chi connectivity index (χ4n) is 2.49. The van der Waals surface area contributed by atoms with Gasteiger partial charge in [0.15, 0.2) is 0 Å². The quantitative estimate of drug-likeness (QED) is 0.915. The zero-order valence-electron chi connectivity index (χ0n) is 11.3. The largest absolute Gasteiger partial charge is 0.381 e. The maximum absolute atomic E-state index is 13.2. The van der Waals surface area contributed by atoms with Gasteiger partial charge in [0.25, 0.3) is 0 Å². The molecule has 5 nitrogen and oxygen atoms in total. The Labute approximate surface area is 129 Å². The molecule has 112 valence electrons. The first-order valence-electron chi connectivity index (χ1n) is 6.72. The van der Waals surface area contributed by atoms with Gasteiger partial charge in [-0.2, -0.15) is 4.98 Å². The van der Waals surface area contributed by atoms with E-state index in [1.165, 1.54) is 12.1 Å². The zero-order chi connectivity index (χ0) is 14.9. The predicted octanol–water partition coefficient (Wildman–Crippen LogP) is 2.65. The molecule has 0 radical (unpaired) electrons. The second-order valence-electron chi connectivity index (χ2n) is 5.14. The first kappa shape index (κ1) is 14.6. The highest BCUT2D eigenvalue weighted by Gasteiger charge is 2.38. The van der Waals surface area contributed by atoms with Gasteiger partial charge in [-0.3, -0.25) is 0 Å². The van der Waals surface area contributed by atoms with Crippen molar-refractivity contribution < 1.29 is 13.7 Å². The molecule has 0 bridgehead atoms. The average molecular weight is 356 g/mol. The monoisotopic (exact) mass is 355 g/mol. The van der Waals surface area contributed by atoms with Crippen molar-refractivity contribution in [3.8, 4) is 11.4 Å². The van der Waals surface area contributed by atoms with Crippen LogP contribution in [0.5, 0.6) is 0 Å². The van der Waals surface area contributed by atoms with Gasteiger partial charge in [-0.25, -0.2) is 4.39 Å². The summed E-state index contributed by atoms with van der Waals surface area (Å²) in [6.07, 6.45) is 1.52. The highest BCUT2D eigenvalue weighted by Crippen LogP contribution is 2.35. The lowest BCUT2D eigenvalue weighted by Crippen LogP contribution is -2.40. The Balaban J connectivity index is 1.95. The lowest BCUT2D eigenvalue weighted by Gasteiger charge is -2.32. The molecule has 0 aliphatic carbocycles. The summed E-state index contributed by atoms with van der Waals surface area (Å²) in [5.74, 6) is 0.632. The summed E-state index contributed by atoms with van der Waals surface area (Å²) in [6, 6.07) is 4.36. The normalized spacial score (nSPS) is 17.9. The Morgan fingerprint density at radius 3 is 2.76 bits per heavy atom. The van der Waals surface area contributed by atoms with Crippen molar-refractivity contribution in [1.29, 1.82) is 0 Å².